The zero-order chi connectivity index (χ0) is 15.4. The highest BCUT2D eigenvalue weighted by atomic mass is 19.2. The molecule has 2 aromatic rings. The van der Waals surface area contributed by atoms with Gasteiger partial charge in [0.1, 0.15) is 5.69 Å². The molecule has 0 spiro atoms. The molecule has 1 atom stereocenters. The normalized spacial score (nSPS) is 12.0. The highest BCUT2D eigenvalue weighted by molar-refractivity contribution is 5.28. The molecule has 0 aliphatic carbocycles. The van der Waals surface area contributed by atoms with Crippen LogP contribution < -0.4 is 15.2 Å². The van der Waals surface area contributed by atoms with Crippen molar-refractivity contribution in [3.05, 3.63) is 47.3 Å². The van der Waals surface area contributed by atoms with Crippen molar-refractivity contribution in [1.29, 1.82) is 0 Å². The van der Waals surface area contributed by atoms with E-state index in [4.69, 9.17) is 15.2 Å². The largest absolute Gasteiger partial charge is 0.480 e. The van der Waals surface area contributed by atoms with Crippen LogP contribution >= 0.6 is 0 Å². The number of methoxy groups -OCH3 is 2. The fourth-order valence-electron chi connectivity index (χ4n) is 1.91. The Labute approximate surface area is 120 Å². The first-order valence-corrected chi connectivity index (χ1v) is 6.20. The maximum absolute atomic E-state index is 13.7. The van der Waals surface area contributed by atoms with Gasteiger partial charge in [-0.15, -0.1) is 0 Å². The van der Waals surface area contributed by atoms with Gasteiger partial charge in [0.05, 0.1) is 26.5 Å². The molecule has 0 amide bonds. The molecule has 1 aromatic heterocycles. The zero-order valence-electron chi connectivity index (χ0n) is 11.6. The van der Waals surface area contributed by atoms with Gasteiger partial charge in [-0.3, -0.25) is 0 Å². The second-order valence-electron chi connectivity index (χ2n) is 4.33. The molecule has 21 heavy (non-hydrogen) atoms. The van der Waals surface area contributed by atoms with Crippen LogP contribution in [0.2, 0.25) is 0 Å². The van der Waals surface area contributed by atoms with Gasteiger partial charge in [-0.05, 0) is 18.1 Å². The van der Waals surface area contributed by atoms with E-state index in [9.17, 15) is 8.78 Å². The van der Waals surface area contributed by atoms with Crippen LogP contribution in [0.25, 0.3) is 0 Å². The Morgan fingerprint density at radius 1 is 1.24 bits per heavy atom. The lowest BCUT2D eigenvalue weighted by Gasteiger charge is -2.15. The van der Waals surface area contributed by atoms with Gasteiger partial charge in [-0.1, -0.05) is 12.1 Å². The van der Waals surface area contributed by atoms with E-state index in [2.05, 4.69) is 9.97 Å². The summed E-state index contributed by atoms with van der Waals surface area (Å²) >= 11 is 0. The molecule has 1 heterocycles. The summed E-state index contributed by atoms with van der Waals surface area (Å²) in [7, 11) is 2.87. The van der Waals surface area contributed by atoms with E-state index >= 15 is 0 Å². The lowest BCUT2D eigenvalue weighted by Crippen LogP contribution is -2.18. The third-order valence-electron chi connectivity index (χ3n) is 2.97. The molecule has 0 aliphatic heterocycles. The Balaban J connectivity index is 2.28. The van der Waals surface area contributed by atoms with Crippen LogP contribution in [0.4, 0.5) is 8.78 Å². The molecule has 112 valence electrons. The molecular formula is C14H15F2N3O2. The Bertz CT molecular complexity index is 638. The lowest BCUT2D eigenvalue weighted by atomic mass is 10.0. The van der Waals surface area contributed by atoms with Crippen LogP contribution in [-0.2, 0) is 6.42 Å². The minimum Gasteiger partial charge on any atom is -0.480 e. The summed E-state index contributed by atoms with van der Waals surface area (Å²) in [6.07, 6.45) is 1.46. The molecule has 0 saturated heterocycles. The fraction of sp³-hybridized carbons (Fsp3) is 0.286. The average Bonchev–Trinajstić information content (AvgIpc) is 2.51. The SMILES string of the molecule is COc1cnc(C(N)Cc2cccc(F)c2F)c(OC)n1. The van der Waals surface area contributed by atoms with Gasteiger partial charge in [0.25, 0.3) is 0 Å². The van der Waals surface area contributed by atoms with Gasteiger partial charge >= 0.3 is 0 Å². The molecule has 1 aromatic carbocycles. The highest BCUT2D eigenvalue weighted by Crippen LogP contribution is 2.25. The van der Waals surface area contributed by atoms with E-state index in [0.29, 0.717) is 5.69 Å². The topological polar surface area (TPSA) is 70.3 Å². The van der Waals surface area contributed by atoms with Crippen molar-refractivity contribution >= 4 is 0 Å². The predicted molar refractivity (Wildman–Crippen MR) is 72.1 cm³/mol. The second kappa shape index (κ2) is 6.45. The Hall–Kier alpha value is -2.28. The summed E-state index contributed by atoms with van der Waals surface area (Å²) in [4.78, 5) is 8.17. The minimum atomic E-state index is -0.910. The average molecular weight is 295 g/mol. The van der Waals surface area contributed by atoms with Gasteiger partial charge in [0, 0.05) is 0 Å². The van der Waals surface area contributed by atoms with Gasteiger partial charge < -0.3 is 15.2 Å². The number of hydrogen-bond donors (Lipinski definition) is 1. The standard InChI is InChI=1S/C14H15F2N3O2/c1-20-11-7-18-13(14(19-11)21-2)10(17)6-8-4-3-5-9(15)12(8)16/h3-5,7,10H,6,17H2,1-2H3. The number of nitrogens with zero attached hydrogens (tertiary/aromatic N) is 2. The number of nitrogens with two attached hydrogens (primary N) is 1. The molecule has 0 bridgehead atoms. The van der Waals surface area contributed by atoms with E-state index in [0.717, 1.165) is 6.07 Å². The van der Waals surface area contributed by atoms with E-state index < -0.39 is 17.7 Å². The fourth-order valence-corrected chi connectivity index (χ4v) is 1.91. The number of aromatic nitrogens is 2. The molecule has 2 rings (SSSR count). The van der Waals surface area contributed by atoms with Crippen LogP contribution in [0.15, 0.2) is 24.4 Å². The third-order valence-corrected chi connectivity index (χ3v) is 2.97. The highest BCUT2D eigenvalue weighted by Gasteiger charge is 2.19. The molecule has 0 aliphatic rings. The van der Waals surface area contributed by atoms with Crippen molar-refractivity contribution in [1.82, 2.24) is 9.97 Å². The number of benzene rings is 1. The maximum atomic E-state index is 13.7. The molecule has 0 fully saturated rings. The summed E-state index contributed by atoms with van der Waals surface area (Å²) in [5.41, 5.74) is 6.52. The smallest absolute Gasteiger partial charge is 0.240 e. The number of hydrogen-bond acceptors (Lipinski definition) is 5. The molecule has 0 radical (unpaired) electrons. The van der Waals surface area contributed by atoms with Gasteiger partial charge in [-0.2, -0.15) is 4.98 Å². The summed E-state index contributed by atoms with van der Waals surface area (Å²) in [5.74, 6) is -1.35. The molecule has 2 N–H and O–H groups in total. The zero-order valence-corrected chi connectivity index (χ0v) is 11.6. The van der Waals surface area contributed by atoms with Crippen molar-refractivity contribution < 1.29 is 18.3 Å². The maximum Gasteiger partial charge on any atom is 0.240 e. The molecule has 1 unspecified atom stereocenters. The van der Waals surface area contributed by atoms with Crippen LogP contribution in [0, 0.1) is 11.6 Å². The summed E-state index contributed by atoms with van der Waals surface area (Å²) in [5, 5.41) is 0. The van der Waals surface area contributed by atoms with Crippen LogP contribution in [0.5, 0.6) is 11.8 Å². The van der Waals surface area contributed by atoms with E-state index in [1.807, 2.05) is 0 Å². The van der Waals surface area contributed by atoms with Crippen LogP contribution in [0.1, 0.15) is 17.3 Å². The van der Waals surface area contributed by atoms with Crippen molar-refractivity contribution in [3.63, 3.8) is 0 Å². The third kappa shape index (κ3) is 3.25. The molecule has 0 saturated carbocycles. The van der Waals surface area contributed by atoms with E-state index in [-0.39, 0.29) is 23.7 Å². The number of rotatable bonds is 5. The minimum absolute atomic E-state index is 0.0704. The van der Waals surface area contributed by atoms with E-state index in [1.54, 1.807) is 0 Å². The van der Waals surface area contributed by atoms with Crippen molar-refractivity contribution in [2.24, 2.45) is 5.73 Å². The van der Waals surface area contributed by atoms with Gasteiger partial charge in [0.2, 0.25) is 11.8 Å². The summed E-state index contributed by atoms with van der Waals surface area (Å²) in [6.45, 7) is 0. The number of halogens is 2. The number of ether oxygens (including phenoxy) is 2. The van der Waals surface area contributed by atoms with Crippen LogP contribution in [-0.4, -0.2) is 24.2 Å². The quantitative estimate of drug-likeness (QED) is 0.913. The second-order valence-corrected chi connectivity index (χ2v) is 4.33. The molecule has 7 heteroatoms. The van der Waals surface area contributed by atoms with Crippen LogP contribution in [0.3, 0.4) is 0 Å². The van der Waals surface area contributed by atoms with Crippen molar-refractivity contribution in [3.8, 4) is 11.8 Å². The monoisotopic (exact) mass is 295 g/mol. The van der Waals surface area contributed by atoms with Gasteiger partial charge in [0.15, 0.2) is 11.6 Å². The van der Waals surface area contributed by atoms with Gasteiger partial charge in [-0.25, -0.2) is 13.8 Å². The van der Waals surface area contributed by atoms with E-state index in [1.165, 1.54) is 32.5 Å². The molecule has 5 nitrogen and oxygen atoms in total. The van der Waals surface area contributed by atoms with Crippen molar-refractivity contribution in [2.75, 3.05) is 14.2 Å². The lowest BCUT2D eigenvalue weighted by molar-refractivity contribution is 0.353. The first-order valence-electron chi connectivity index (χ1n) is 6.20. The predicted octanol–water partition coefficient (Wildman–Crippen LogP) is 2.01. The summed E-state index contributed by atoms with van der Waals surface area (Å²) < 4.78 is 36.9. The van der Waals surface area contributed by atoms with Crippen molar-refractivity contribution in [2.45, 2.75) is 12.5 Å². The summed E-state index contributed by atoms with van der Waals surface area (Å²) in [6, 6.07) is 3.27. The first-order chi connectivity index (χ1) is 10.1. The Morgan fingerprint density at radius 2 is 2.00 bits per heavy atom. The Kier molecular flexibility index (Phi) is 4.64. The molecular weight excluding hydrogens is 280 g/mol. The first kappa shape index (κ1) is 15.1. The Morgan fingerprint density at radius 3 is 2.67 bits per heavy atom.